The van der Waals surface area contributed by atoms with Gasteiger partial charge in [0.25, 0.3) is 0 Å². The molecule has 1 aromatic heterocycles. The molecule has 20 heavy (non-hydrogen) atoms. The van der Waals surface area contributed by atoms with Crippen molar-refractivity contribution in [2.75, 3.05) is 13.1 Å². The second kappa shape index (κ2) is 5.78. The number of aromatic nitrogens is 3. The Morgan fingerprint density at radius 3 is 2.70 bits per heavy atom. The highest BCUT2D eigenvalue weighted by atomic mass is 16.4. The number of nitrogens with two attached hydrogens (primary N) is 1. The van der Waals surface area contributed by atoms with Gasteiger partial charge < -0.3 is 10.9 Å². The van der Waals surface area contributed by atoms with Crippen LogP contribution in [0.2, 0.25) is 0 Å². The van der Waals surface area contributed by atoms with E-state index in [0.29, 0.717) is 11.9 Å². The van der Waals surface area contributed by atoms with Crippen LogP contribution >= 0.6 is 0 Å². The van der Waals surface area contributed by atoms with E-state index in [-0.39, 0.29) is 5.41 Å². The van der Waals surface area contributed by atoms with Crippen molar-refractivity contribution in [3.8, 4) is 0 Å². The summed E-state index contributed by atoms with van der Waals surface area (Å²) in [7, 11) is 0. The van der Waals surface area contributed by atoms with E-state index >= 15 is 0 Å². The quantitative estimate of drug-likeness (QED) is 0.374. The third-order valence-corrected chi connectivity index (χ3v) is 4.19. The molecule has 1 fully saturated rings. The van der Waals surface area contributed by atoms with Crippen LogP contribution in [0.25, 0.3) is 0 Å². The maximum absolute atomic E-state index is 8.85. The van der Waals surface area contributed by atoms with Gasteiger partial charge in [0, 0.05) is 11.5 Å². The fourth-order valence-electron chi connectivity index (χ4n) is 2.60. The highest BCUT2D eigenvalue weighted by Gasteiger charge is 2.34. The predicted octanol–water partition coefficient (Wildman–Crippen LogP) is 1.21. The van der Waals surface area contributed by atoms with Gasteiger partial charge in [-0.15, -0.1) is 0 Å². The van der Waals surface area contributed by atoms with Crippen molar-refractivity contribution in [1.82, 2.24) is 19.7 Å². The first-order valence-corrected chi connectivity index (χ1v) is 7.05. The van der Waals surface area contributed by atoms with E-state index in [1.165, 1.54) is 0 Å². The monoisotopic (exact) mass is 280 g/mol. The minimum absolute atomic E-state index is 0.197. The van der Waals surface area contributed by atoms with Crippen LogP contribution in [0, 0.1) is 5.41 Å². The molecule has 0 aliphatic carbocycles. The summed E-state index contributed by atoms with van der Waals surface area (Å²) in [6, 6.07) is 0.319. The largest absolute Gasteiger partial charge is 0.409 e. The number of piperidine rings is 1. The first-order chi connectivity index (χ1) is 9.46. The van der Waals surface area contributed by atoms with Crippen LogP contribution in [-0.2, 0) is 6.54 Å². The molecule has 1 aliphatic heterocycles. The lowest BCUT2D eigenvalue weighted by atomic mass is 9.79. The van der Waals surface area contributed by atoms with Gasteiger partial charge in [0.15, 0.2) is 0 Å². The maximum Gasteiger partial charge on any atom is 0.145 e. The normalized spacial score (nSPS) is 20.5. The van der Waals surface area contributed by atoms with Gasteiger partial charge in [0.2, 0.25) is 0 Å². The zero-order chi connectivity index (χ0) is 14.8. The fourth-order valence-corrected chi connectivity index (χ4v) is 2.60. The molecule has 0 aromatic carbocycles. The molecule has 3 N–H and O–H groups in total. The molecular weight excluding hydrogens is 256 g/mol. The molecule has 0 spiro atoms. The summed E-state index contributed by atoms with van der Waals surface area (Å²) in [6.45, 7) is 8.88. The predicted molar refractivity (Wildman–Crippen MR) is 76.4 cm³/mol. The van der Waals surface area contributed by atoms with Crippen molar-refractivity contribution in [2.24, 2.45) is 16.3 Å². The van der Waals surface area contributed by atoms with Crippen LogP contribution < -0.4 is 5.73 Å². The van der Waals surface area contributed by atoms with Crippen LogP contribution in [-0.4, -0.2) is 43.8 Å². The minimum atomic E-state index is -0.197. The van der Waals surface area contributed by atoms with Gasteiger partial charge in [-0.1, -0.05) is 12.1 Å². The van der Waals surface area contributed by atoms with Gasteiger partial charge in [-0.05, 0) is 39.8 Å². The second-order valence-electron chi connectivity index (χ2n) is 6.04. The van der Waals surface area contributed by atoms with Gasteiger partial charge in [0.1, 0.15) is 18.0 Å². The van der Waals surface area contributed by atoms with Crippen LogP contribution in [0.3, 0.4) is 0 Å². The Balaban J connectivity index is 1.96. The van der Waals surface area contributed by atoms with Crippen molar-refractivity contribution in [2.45, 2.75) is 46.2 Å². The Bertz CT molecular complexity index is 473. The highest BCUT2D eigenvalue weighted by molar-refractivity contribution is 5.85. The molecule has 2 rings (SSSR count). The van der Waals surface area contributed by atoms with Crippen LogP contribution in [0.1, 0.15) is 45.5 Å². The van der Waals surface area contributed by atoms with Crippen molar-refractivity contribution in [3.05, 3.63) is 12.2 Å². The lowest BCUT2D eigenvalue weighted by Crippen LogP contribution is -2.45. The third kappa shape index (κ3) is 2.92. The van der Waals surface area contributed by atoms with Gasteiger partial charge >= 0.3 is 0 Å². The summed E-state index contributed by atoms with van der Waals surface area (Å²) in [6.07, 6.45) is 3.39. The first kappa shape index (κ1) is 14.8. The molecule has 0 bridgehead atoms. The average Bonchev–Trinajstić information content (AvgIpc) is 2.89. The number of rotatable bonds is 4. The zero-order valence-corrected chi connectivity index (χ0v) is 12.5. The molecule has 0 radical (unpaired) electrons. The topological polar surface area (TPSA) is 92.6 Å². The number of amidine groups is 1. The van der Waals surface area contributed by atoms with Gasteiger partial charge in [-0.25, -0.2) is 9.67 Å². The van der Waals surface area contributed by atoms with Crippen molar-refractivity contribution in [3.63, 3.8) is 0 Å². The number of hydrogen-bond acceptors (Lipinski definition) is 5. The number of nitrogens with zero attached hydrogens (tertiary/aromatic N) is 5. The molecule has 7 nitrogen and oxygen atoms in total. The van der Waals surface area contributed by atoms with Crippen LogP contribution in [0.15, 0.2) is 11.5 Å². The Morgan fingerprint density at radius 2 is 2.15 bits per heavy atom. The van der Waals surface area contributed by atoms with Crippen molar-refractivity contribution < 1.29 is 5.21 Å². The smallest absolute Gasteiger partial charge is 0.145 e. The number of oxime groups is 1. The van der Waals surface area contributed by atoms with Gasteiger partial charge in [0.05, 0.1) is 6.54 Å². The molecule has 2 heterocycles. The van der Waals surface area contributed by atoms with Crippen LogP contribution in [0.5, 0.6) is 0 Å². The number of likely N-dealkylation sites (tertiary alicyclic amines) is 1. The van der Waals surface area contributed by atoms with E-state index in [1.54, 1.807) is 6.33 Å². The second-order valence-corrected chi connectivity index (χ2v) is 6.04. The SMILES string of the molecule is CC(C)n1ncnc1CN1CCC(C)(C(N)=NO)CC1. The number of hydrogen-bond donors (Lipinski definition) is 2. The molecule has 1 saturated heterocycles. The van der Waals surface area contributed by atoms with E-state index < -0.39 is 0 Å². The summed E-state index contributed by atoms with van der Waals surface area (Å²) in [5.41, 5.74) is 5.58. The van der Waals surface area contributed by atoms with E-state index in [1.807, 2.05) is 4.68 Å². The Morgan fingerprint density at radius 1 is 1.50 bits per heavy atom. The van der Waals surface area contributed by atoms with Gasteiger partial charge in [-0.3, -0.25) is 4.90 Å². The van der Waals surface area contributed by atoms with Crippen molar-refractivity contribution >= 4 is 5.84 Å². The Labute approximate surface area is 119 Å². The lowest BCUT2D eigenvalue weighted by molar-refractivity contribution is 0.147. The summed E-state index contributed by atoms with van der Waals surface area (Å²) in [5.74, 6) is 1.33. The Kier molecular flexibility index (Phi) is 4.27. The van der Waals surface area contributed by atoms with E-state index in [2.05, 4.69) is 40.9 Å². The standard InChI is InChI=1S/C13H24N6O/c1-10(2)19-11(15-9-16-19)8-18-6-4-13(3,5-7-18)12(14)17-20/h9-10,20H,4-8H2,1-3H3,(H2,14,17). The summed E-state index contributed by atoms with van der Waals surface area (Å²) in [5, 5.41) is 16.3. The van der Waals surface area contributed by atoms with Crippen molar-refractivity contribution in [1.29, 1.82) is 0 Å². The third-order valence-electron chi connectivity index (χ3n) is 4.19. The molecule has 0 saturated carbocycles. The molecule has 1 aromatic rings. The fraction of sp³-hybridized carbons (Fsp3) is 0.769. The molecule has 7 heteroatoms. The Hall–Kier alpha value is -1.63. The minimum Gasteiger partial charge on any atom is -0.409 e. The summed E-state index contributed by atoms with van der Waals surface area (Å²) >= 11 is 0. The van der Waals surface area contributed by atoms with E-state index in [9.17, 15) is 0 Å². The molecule has 0 amide bonds. The van der Waals surface area contributed by atoms with E-state index in [4.69, 9.17) is 10.9 Å². The summed E-state index contributed by atoms with van der Waals surface area (Å²) in [4.78, 5) is 6.68. The zero-order valence-electron chi connectivity index (χ0n) is 12.5. The highest BCUT2D eigenvalue weighted by Crippen LogP contribution is 2.31. The van der Waals surface area contributed by atoms with Crippen LogP contribution in [0.4, 0.5) is 0 Å². The van der Waals surface area contributed by atoms with Gasteiger partial charge in [-0.2, -0.15) is 5.10 Å². The molecule has 112 valence electrons. The summed E-state index contributed by atoms with van der Waals surface area (Å²) < 4.78 is 1.96. The molecule has 1 aliphatic rings. The van der Waals surface area contributed by atoms with E-state index in [0.717, 1.165) is 38.3 Å². The maximum atomic E-state index is 8.85. The average molecular weight is 280 g/mol. The molecular formula is C13H24N6O. The molecule has 0 unspecified atom stereocenters. The molecule has 0 atom stereocenters. The lowest BCUT2D eigenvalue weighted by Gasteiger charge is -2.38. The first-order valence-electron chi connectivity index (χ1n) is 7.05.